The number of nitrogens with one attached hydrogen (secondary N) is 2. The largest absolute Gasteiger partial charge is 0.491 e. The predicted molar refractivity (Wildman–Crippen MR) is 86.1 cm³/mol. The maximum absolute atomic E-state index is 11.9. The van der Waals surface area contributed by atoms with Crippen molar-refractivity contribution < 1.29 is 14.3 Å². The maximum Gasteiger partial charge on any atom is 0.222 e. The molecule has 0 aromatic heterocycles. The molecule has 1 heterocycles. The summed E-state index contributed by atoms with van der Waals surface area (Å²) in [6.45, 7) is 6.95. The summed E-state index contributed by atoms with van der Waals surface area (Å²) in [5.74, 6) is 0.920. The number of carbonyl (C=O) groups is 1. The number of ether oxygens (including phenoxy) is 2. The van der Waals surface area contributed by atoms with Gasteiger partial charge in [0.2, 0.25) is 5.91 Å². The Bertz CT molecular complexity index is 471. The summed E-state index contributed by atoms with van der Waals surface area (Å²) >= 11 is 0. The molecule has 0 bridgehead atoms. The van der Waals surface area contributed by atoms with E-state index in [0.29, 0.717) is 19.6 Å². The zero-order valence-corrected chi connectivity index (χ0v) is 13.4. The number of rotatable bonds is 7. The molecule has 1 aromatic carbocycles. The van der Waals surface area contributed by atoms with Crippen LogP contribution in [0.2, 0.25) is 0 Å². The Hall–Kier alpha value is -1.59. The fraction of sp³-hybridized carbons (Fsp3) is 0.588. The first kappa shape index (κ1) is 16.8. The molecule has 0 aliphatic carbocycles. The Balaban J connectivity index is 1.70. The number of hydrogen-bond acceptors (Lipinski definition) is 4. The van der Waals surface area contributed by atoms with Gasteiger partial charge in [-0.25, -0.2) is 0 Å². The van der Waals surface area contributed by atoms with E-state index in [1.807, 2.05) is 38.1 Å². The van der Waals surface area contributed by atoms with Crippen molar-refractivity contribution >= 4 is 5.91 Å². The van der Waals surface area contributed by atoms with Gasteiger partial charge in [-0.05, 0) is 38.0 Å². The molecule has 0 unspecified atom stereocenters. The van der Waals surface area contributed by atoms with Crippen molar-refractivity contribution in [2.24, 2.45) is 0 Å². The van der Waals surface area contributed by atoms with Gasteiger partial charge in [0.25, 0.3) is 0 Å². The van der Waals surface area contributed by atoms with E-state index < -0.39 is 0 Å². The Morgan fingerprint density at radius 3 is 3.09 bits per heavy atom. The van der Waals surface area contributed by atoms with Gasteiger partial charge in [0.1, 0.15) is 5.75 Å². The molecule has 1 fully saturated rings. The molecular weight excluding hydrogens is 280 g/mol. The second-order valence-corrected chi connectivity index (χ2v) is 5.82. The summed E-state index contributed by atoms with van der Waals surface area (Å²) in [4.78, 5) is 11.9. The maximum atomic E-state index is 11.9. The van der Waals surface area contributed by atoms with E-state index in [-0.39, 0.29) is 18.1 Å². The Labute approximate surface area is 132 Å². The molecule has 5 nitrogen and oxygen atoms in total. The molecule has 1 aromatic rings. The highest BCUT2D eigenvalue weighted by atomic mass is 16.5. The van der Waals surface area contributed by atoms with E-state index in [1.165, 1.54) is 0 Å². The third-order valence-electron chi connectivity index (χ3n) is 3.42. The molecule has 1 aliphatic rings. The third-order valence-corrected chi connectivity index (χ3v) is 3.42. The third kappa shape index (κ3) is 6.03. The van der Waals surface area contributed by atoms with E-state index in [1.54, 1.807) is 0 Å². The summed E-state index contributed by atoms with van der Waals surface area (Å²) in [6, 6.07) is 8.01. The molecule has 1 saturated heterocycles. The molecule has 122 valence electrons. The topological polar surface area (TPSA) is 59.6 Å². The lowest BCUT2D eigenvalue weighted by Gasteiger charge is -2.23. The number of carbonyl (C=O) groups excluding carboxylic acids is 1. The Morgan fingerprint density at radius 2 is 2.36 bits per heavy atom. The molecular formula is C17H26N2O3. The van der Waals surface area contributed by atoms with Crippen LogP contribution in [-0.2, 0) is 16.0 Å². The summed E-state index contributed by atoms with van der Waals surface area (Å²) in [6.07, 6.45) is 1.38. The lowest BCUT2D eigenvalue weighted by atomic mass is 10.1. The second-order valence-electron chi connectivity index (χ2n) is 5.82. The Kier molecular flexibility index (Phi) is 6.68. The van der Waals surface area contributed by atoms with Crippen molar-refractivity contribution in [2.75, 3.05) is 26.2 Å². The van der Waals surface area contributed by atoms with Gasteiger partial charge in [0, 0.05) is 19.6 Å². The minimum absolute atomic E-state index is 0.00322. The minimum Gasteiger partial charge on any atom is -0.491 e. The average Bonchev–Trinajstić information content (AvgIpc) is 2.48. The van der Waals surface area contributed by atoms with Crippen LogP contribution in [0.25, 0.3) is 0 Å². The molecule has 0 radical (unpaired) electrons. The molecule has 2 rings (SSSR count). The SMILES string of the molecule is CC(C)Oc1cccc(CCNC(=O)C[C@@H]2CNCCO2)c1. The molecule has 22 heavy (non-hydrogen) atoms. The highest BCUT2D eigenvalue weighted by Crippen LogP contribution is 2.15. The van der Waals surface area contributed by atoms with Crippen molar-refractivity contribution in [1.82, 2.24) is 10.6 Å². The van der Waals surface area contributed by atoms with Crippen LogP contribution in [0.4, 0.5) is 0 Å². The fourth-order valence-corrected chi connectivity index (χ4v) is 2.42. The summed E-state index contributed by atoms with van der Waals surface area (Å²) in [7, 11) is 0. The van der Waals surface area contributed by atoms with Crippen molar-refractivity contribution in [3.63, 3.8) is 0 Å². The minimum atomic E-state index is -0.00322. The molecule has 2 N–H and O–H groups in total. The highest BCUT2D eigenvalue weighted by Gasteiger charge is 2.16. The normalized spacial score (nSPS) is 18.2. The van der Waals surface area contributed by atoms with E-state index in [2.05, 4.69) is 10.6 Å². The standard InChI is InChI=1S/C17H26N2O3/c1-13(2)22-15-5-3-4-14(10-15)6-7-19-17(20)11-16-12-18-8-9-21-16/h3-5,10,13,16,18H,6-9,11-12H2,1-2H3,(H,19,20)/t16-/m1/s1. The van der Waals surface area contributed by atoms with Crippen LogP contribution in [0.3, 0.4) is 0 Å². The van der Waals surface area contributed by atoms with Crippen molar-refractivity contribution in [3.05, 3.63) is 29.8 Å². The summed E-state index contributed by atoms with van der Waals surface area (Å²) in [5, 5.41) is 6.18. The van der Waals surface area contributed by atoms with Crippen molar-refractivity contribution in [2.45, 2.75) is 38.9 Å². The summed E-state index contributed by atoms with van der Waals surface area (Å²) in [5.41, 5.74) is 1.16. The van der Waals surface area contributed by atoms with E-state index >= 15 is 0 Å². The number of morpholine rings is 1. The monoisotopic (exact) mass is 306 g/mol. The summed E-state index contributed by atoms with van der Waals surface area (Å²) < 4.78 is 11.2. The smallest absolute Gasteiger partial charge is 0.222 e. The first-order valence-corrected chi connectivity index (χ1v) is 7.98. The molecule has 1 aliphatic heterocycles. The van der Waals surface area contributed by atoms with Crippen LogP contribution in [0.5, 0.6) is 5.75 Å². The van der Waals surface area contributed by atoms with Gasteiger partial charge in [-0.3, -0.25) is 4.79 Å². The van der Waals surface area contributed by atoms with Gasteiger partial charge < -0.3 is 20.1 Å². The van der Waals surface area contributed by atoms with Gasteiger partial charge in [-0.2, -0.15) is 0 Å². The number of amides is 1. The van der Waals surface area contributed by atoms with Crippen LogP contribution in [0.1, 0.15) is 25.8 Å². The van der Waals surface area contributed by atoms with E-state index in [4.69, 9.17) is 9.47 Å². The molecule has 1 atom stereocenters. The molecule has 0 spiro atoms. The van der Waals surface area contributed by atoms with E-state index in [0.717, 1.165) is 30.8 Å². The molecule has 1 amide bonds. The lowest BCUT2D eigenvalue weighted by Crippen LogP contribution is -2.41. The van der Waals surface area contributed by atoms with Gasteiger partial charge in [0.15, 0.2) is 0 Å². The van der Waals surface area contributed by atoms with Crippen LogP contribution in [-0.4, -0.2) is 44.4 Å². The van der Waals surface area contributed by atoms with Gasteiger partial charge >= 0.3 is 0 Å². The lowest BCUT2D eigenvalue weighted by molar-refractivity contribution is -0.124. The highest BCUT2D eigenvalue weighted by molar-refractivity contribution is 5.76. The van der Waals surface area contributed by atoms with Crippen LogP contribution in [0.15, 0.2) is 24.3 Å². The first-order valence-electron chi connectivity index (χ1n) is 7.98. The van der Waals surface area contributed by atoms with Crippen molar-refractivity contribution in [3.8, 4) is 5.75 Å². The van der Waals surface area contributed by atoms with E-state index in [9.17, 15) is 4.79 Å². The van der Waals surface area contributed by atoms with Gasteiger partial charge in [-0.15, -0.1) is 0 Å². The van der Waals surface area contributed by atoms with Crippen LogP contribution in [0, 0.1) is 0 Å². The van der Waals surface area contributed by atoms with Crippen molar-refractivity contribution in [1.29, 1.82) is 0 Å². The number of benzene rings is 1. The zero-order valence-electron chi connectivity index (χ0n) is 13.4. The van der Waals surface area contributed by atoms with Gasteiger partial charge in [0.05, 0.1) is 25.2 Å². The predicted octanol–water partition coefficient (Wildman–Crippen LogP) is 1.51. The van der Waals surface area contributed by atoms with Crippen LogP contribution >= 0.6 is 0 Å². The average molecular weight is 306 g/mol. The molecule has 0 saturated carbocycles. The van der Waals surface area contributed by atoms with Crippen LogP contribution < -0.4 is 15.4 Å². The second kappa shape index (κ2) is 8.76. The first-order chi connectivity index (χ1) is 10.6. The number of hydrogen-bond donors (Lipinski definition) is 2. The Morgan fingerprint density at radius 1 is 1.50 bits per heavy atom. The quantitative estimate of drug-likeness (QED) is 0.802. The molecule has 5 heteroatoms. The fourth-order valence-electron chi connectivity index (χ4n) is 2.42. The zero-order chi connectivity index (χ0) is 15.8. The van der Waals surface area contributed by atoms with Gasteiger partial charge in [-0.1, -0.05) is 12.1 Å².